The Hall–Kier alpha value is -3.26. The number of anilines is 1. The summed E-state index contributed by atoms with van der Waals surface area (Å²) < 4.78 is 16.1. The first kappa shape index (κ1) is 20.5. The summed E-state index contributed by atoms with van der Waals surface area (Å²) in [7, 11) is 4.72. The highest BCUT2D eigenvalue weighted by atomic mass is 32.1. The summed E-state index contributed by atoms with van der Waals surface area (Å²) >= 11 is 5.32. The molecule has 0 radical (unpaired) electrons. The minimum Gasteiger partial charge on any atom is -0.497 e. The van der Waals surface area contributed by atoms with Crippen LogP contribution in [0, 0.1) is 0 Å². The van der Waals surface area contributed by atoms with Crippen LogP contribution in [0.2, 0.25) is 0 Å². The Labute approximate surface area is 175 Å². The lowest BCUT2D eigenvalue weighted by Crippen LogP contribution is -2.45. The molecule has 3 N–H and O–H groups in total. The van der Waals surface area contributed by atoms with Gasteiger partial charge in [-0.25, -0.2) is 0 Å². The van der Waals surface area contributed by atoms with Crippen molar-refractivity contribution in [2.24, 2.45) is 0 Å². The maximum atomic E-state index is 13.2. The number of ether oxygens (including phenoxy) is 3. The molecule has 1 atom stereocenters. The molecule has 0 aliphatic carbocycles. The Kier molecular flexibility index (Phi) is 6.23. The maximum Gasteiger partial charge on any atom is 0.255 e. The molecule has 3 rings (SSSR count). The summed E-state index contributed by atoms with van der Waals surface area (Å²) in [5.74, 6) is 1.53. The van der Waals surface area contributed by atoms with E-state index in [1.54, 1.807) is 39.5 Å². The SMILES string of the molecule is COc1ccc([C@H]2NC(=S)NC(C)=C2C(=O)Nc2ccccc2OC)c(OC)c1. The predicted molar refractivity (Wildman–Crippen MR) is 115 cm³/mol. The van der Waals surface area contributed by atoms with Crippen LogP contribution in [-0.4, -0.2) is 32.3 Å². The minimum absolute atomic E-state index is 0.280. The molecule has 0 saturated heterocycles. The molecule has 2 aromatic rings. The van der Waals surface area contributed by atoms with Crippen molar-refractivity contribution < 1.29 is 19.0 Å². The Morgan fingerprint density at radius 3 is 2.45 bits per heavy atom. The van der Waals surface area contributed by atoms with Gasteiger partial charge in [-0.1, -0.05) is 12.1 Å². The third-order valence-corrected chi connectivity index (χ3v) is 4.84. The monoisotopic (exact) mass is 413 g/mol. The number of para-hydroxylation sites is 2. The van der Waals surface area contributed by atoms with Gasteiger partial charge in [0.15, 0.2) is 5.11 Å². The molecule has 0 bridgehead atoms. The molecule has 152 valence electrons. The third kappa shape index (κ3) is 4.27. The first-order chi connectivity index (χ1) is 14.0. The van der Waals surface area contributed by atoms with Crippen LogP contribution in [0.4, 0.5) is 5.69 Å². The predicted octanol–water partition coefficient (Wildman–Crippen LogP) is 3.14. The zero-order chi connectivity index (χ0) is 21.0. The summed E-state index contributed by atoms with van der Waals surface area (Å²) in [6.07, 6.45) is 0. The van der Waals surface area contributed by atoms with E-state index in [9.17, 15) is 4.79 Å². The zero-order valence-electron chi connectivity index (χ0n) is 16.7. The van der Waals surface area contributed by atoms with Crippen molar-refractivity contribution in [3.05, 3.63) is 59.3 Å². The van der Waals surface area contributed by atoms with Gasteiger partial charge in [0.2, 0.25) is 0 Å². The fourth-order valence-corrected chi connectivity index (χ4v) is 3.49. The van der Waals surface area contributed by atoms with Gasteiger partial charge in [0, 0.05) is 17.3 Å². The van der Waals surface area contributed by atoms with Crippen LogP contribution in [0.3, 0.4) is 0 Å². The quantitative estimate of drug-likeness (QED) is 0.628. The molecule has 1 aliphatic rings. The van der Waals surface area contributed by atoms with Gasteiger partial charge in [-0.3, -0.25) is 4.79 Å². The fourth-order valence-electron chi connectivity index (χ4n) is 3.22. The molecule has 0 unspecified atom stereocenters. The van der Waals surface area contributed by atoms with Crippen molar-refractivity contribution in [3.63, 3.8) is 0 Å². The van der Waals surface area contributed by atoms with Gasteiger partial charge in [0.25, 0.3) is 5.91 Å². The molecule has 29 heavy (non-hydrogen) atoms. The topological polar surface area (TPSA) is 80.9 Å². The Balaban J connectivity index is 2.01. The fraction of sp³-hybridized carbons (Fsp3) is 0.238. The van der Waals surface area contributed by atoms with E-state index in [1.165, 1.54) is 0 Å². The smallest absolute Gasteiger partial charge is 0.255 e. The van der Waals surface area contributed by atoms with Crippen LogP contribution in [0.15, 0.2) is 53.7 Å². The summed E-state index contributed by atoms with van der Waals surface area (Å²) in [6.45, 7) is 1.81. The number of thiocarbonyl (C=S) groups is 1. The van der Waals surface area contributed by atoms with Crippen LogP contribution >= 0.6 is 12.2 Å². The number of carbonyl (C=O) groups is 1. The van der Waals surface area contributed by atoms with Gasteiger partial charge in [0.05, 0.1) is 38.6 Å². The summed E-state index contributed by atoms with van der Waals surface area (Å²) in [4.78, 5) is 13.2. The number of hydrogen-bond acceptors (Lipinski definition) is 5. The summed E-state index contributed by atoms with van der Waals surface area (Å²) in [5, 5.41) is 9.55. The Morgan fingerprint density at radius 1 is 1.03 bits per heavy atom. The van der Waals surface area contributed by atoms with E-state index in [2.05, 4.69) is 16.0 Å². The number of benzene rings is 2. The molecule has 7 nitrogen and oxygen atoms in total. The van der Waals surface area contributed by atoms with Crippen molar-refractivity contribution in [1.82, 2.24) is 10.6 Å². The summed E-state index contributed by atoms with van der Waals surface area (Å²) in [5.41, 5.74) is 2.49. The highest BCUT2D eigenvalue weighted by molar-refractivity contribution is 7.80. The lowest BCUT2D eigenvalue weighted by Gasteiger charge is -2.31. The third-order valence-electron chi connectivity index (χ3n) is 4.62. The lowest BCUT2D eigenvalue weighted by molar-refractivity contribution is -0.113. The molecule has 0 saturated carbocycles. The van der Waals surface area contributed by atoms with E-state index in [0.29, 0.717) is 39.3 Å². The number of nitrogens with one attached hydrogen (secondary N) is 3. The van der Waals surface area contributed by atoms with Gasteiger partial charge < -0.3 is 30.2 Å². The molecule has 0 fully saturated rings. The average molecular weight is 413 g/mol. The largest absolute Gasteiger partial charge is 0.497 e. The average Bonchev–Trinajstić information content (AvgIpc) is 2.72. The molecule has 0 aromatic heterocycles. The standard InChI is InChI=1S/C21H23N3O4S/c1-12-18(20(25)23-15-7-5-6-8-16(15)27-3)19(24-21(29)22-12)14-10-9-13(26-2)11-17(14)28-4/h5-11,19H,1-4H3,(H,23,25)(H2,22,24,29)/t19-/m1/s1. The van der Waals surface area contributed by atoms with E-state index in [1.807, 2.05) is 31.2 Å². The number of carbonyl (C=O) groups excluding carboxylic acids is 1. The van der Waals surface area contributed by atoms with E-state index >= 15 is 0 Å². The zero-order valence-corrected chi connectivity index (χ0v) is 17.5. The number of methoxy groups -OCH3 is 3. The van der Waals surface area contributed by atoms with Gasteiger partial charge in [-0.15, -0.1) is 0 Å². The molecule has 0 spiro atoms. The van der Waals surface area contributed by atoms with Crippen LogP contribution in [0.5, 0.6) is 17.2 Å². The van der Waals surface area contributed by atoms with Crippen LogP contribution < -0.4 is 30.2 Å². The second kappa shape index (κ2) is 8.83. The van der Waals surface area contributed by atoms with Crippen molar-refractivity contribution >= 4 is 28.9 Å². The molecule has 1 aliphatic heterocycles. The molecular weight excluding hydrogens is 390 g/mol. The van der Waals surface area contributed by atoms with Crippen LogP contribution in [0.25, 0.3) is 0 Å². The summed E-state index contributed by atoms with van der Waals surface area (Å²) in [6, 6.07) is 12.2. The Bertz CT molecular complexity index is 974. The molecule has 1 heterocycles. The highest BCUT2D eigenvalue weighted by Crippen LogP contribution is 2.36. The first-order valence-electron chi connectivity index (χ1n) is 8.93. The van der Waals surface area contributed by atoms with E-state index in [4.69, 9.17) is 26.4 Å². The van der Waals surface area contributed by atoms with Crippen molar-refractivity contribution in [2.45, 2.75) is 13.0 Å². The Morgan fingerprint density at radius 2 is 1.76 bits per heavy atom. The maximum absolute atomic E-state index is 13.2. The molecular formula is C21H23N3O4S. The van der Waals surface area contributed by atoms with Crippen LogP contribution in [0.1, 0.15) is 18.5 Å². The molecule has 1 amide bonds. The van der Waals surface area contributed by atoms with Gasteiger partial charge in [0.1, 0.15) is 17.2 Å². The van der Waals surface area contributed by atoms with Crippen molar-refractivity contribution in [3.8, 4) is 17.2 Å². The normalized spacial score (nSPS) is 15.9. The van der Waals surface area contributed by atoms with Crippen LogP contribution in [-0.2, 0) is 4.79 Å². The lowest BCUT2D eigenvalue weighted by atomic mass is 9.94. The minimum atomic E-state index is -0.501. The highest BCUT2D eigenvalue weighted by Gasteiger charge is 2.32. The first-order valence-corrected chi connectivity index (χ1v) is 9.34. The number of hydrogen-bond donors (Lipinski definition) is 3. The van der Waals surface area contributed by atoms with Gasteiger partial charge in [-0.2, -0.15) is 0 Å². The van der Waals surface area contributed by atoms with Crippen molar-refractivity contribution in [1.29, 1.82) is 0 Å². The van der Waals surface area contributed by atoms with E-state index < -0.39 is 6.04 Å². The van der Waals surface area contributed by atoms with Gasteiger partial charge in [-0.05, 0) is 43.4 Å². The number of allylic oxidation sites excluding steroid dienone is 1. The van der Waals surface area contributed by atoms with Gasteiger partial charge >= 0.3 is 0 Å². The molecule has 8 heteroatoms. The second-order valence-electron chi connectivity index (χ2n) is 6.33. The molecule has 2 aromatic carbocycles. The second-order valence-corrected chi connectivity index (χ2v) is 6.74. The van der Waals surface area contributed by atoms with E-state index in [-0.39, 0.29) is 5.91 Å². The van der Waals surface area contributed by atoms with E-state index in [0.717, 1.165) is 5.56 Å². The number of rotatable bonds is 6. The number of amides is 1. The van der Waals surface area contributed by atoms with Crippen molar-refractivity contribution in [2.75, 3.05) is 26.6 Å².